The molecule has 0 amide bonds. The first kappa shape index (κ1) is 11.9. The number of nitrogens with one attached hydrogen (secondary N) is 1. The minimum Gasteiger partial charge on any atom is -0.507 e. The van der Waals surface area contributed by atoms with Crippen LogP contribution >= 0.6 is 12.2 Å². The second-order valence-corrected chi connectivity index (χ2v) is 4.31. The molecular weight excluding hydrogens is 234 g/mol. The highest BCUT2D eigenvalue weighted by Crippen LogP contribution is 2.12. The van der Waals surface area contributed by atoms with Gasteiger partial charge < -0.3 is 10.0 Å². The molecule has 90 valence electrons. The van der Waals surface area contributed by atoms with Crippen LogP contribution in [0.2, 0.25) is 0 Å². The normalized spacial score (nSPS) is 15.4. The quantitative estimate of drug-likeness (QED) is 0.476. The van der Waals surface area contributed by atoms with Crippen LogP contribution in [0.15, 0.2) is 29.4 Å². The summed E-state index contributed by atoms with van der Waals surface area (Å²) in [7, 11) is 0. The van der Waals surface area contributed by atoms with Gasteiger partial charge in [0.25, 0.3) is 0 Å². The van der Waals surface area contributed by atoms with Gasteiger partial charge in [-0.3, -0.25) is 5.43 Å². The third kappa shape index (κ3) is 3.17. The molecule has 0 aromatic heterocycles. The predicted octanol–water partition coefficient (Wildman–Crippen LogP) is 1.70. The second-order valence-electron chi connectivity index (χ2n) is 3.93. The maximum absolute atomic E-state index is 9.52. The van der Waals surface area contributed by atoms with Crippen LogP contribution < -0.4 is 5.43 Å². The van der Waals surface area contributed by atoms with E-state index in [-0.39, 0.29) is 5.75 Å². The molecule has 0 aliphatic carbocycles. The molecule has 0 spiro atoms. The molecule has 0 unspecified atom stereocenters. The number of para-hydroxylation sites is 1. The zero-order chi connectivity index (χ0) is 12.1. The monoisotopic (exact) mass is 249 g/mol. The van der Waals surface area contributed by atoms with E-state index in [2.05, 4.69) is 15.4 Å². The lowest BCUT2D eigenvalue weighted by Gasteiger charge is -2.16. The van der Waals surface area contributed by atoms with E-state index in [9.17, 15) is 5.11 Å². The maximum Gasteiger partial charge on any atom is 0.189 e. The lowest BCUT2D eigenvalue weighted by Crippen LogP contribution is -2.34. The first-order valence-electron chi connectivity index (χ1n) is 5.63. The molecule has 1 saturated heterocycles. The van der Waals surface area contributed by atoms with Gasteiger partial charge in [0, 0.05) is 18.7 Å². The Bertz CT molecular complexity index is 428. The van der Waals surface area contributed by atoms with Crippen LogP contribution in [0.25, 0.3) is 0 Å². The molecule has 0 saturated carbocycles. The van der Waals surface area contributed by atoms with E-state index in [1.807, 2.05) is 6.07 Å². The third-order valence-corrected chi connectivity index (χ3v) is 3.04. The van der Waals surface area contributed by atoms with Gasteiger partial charge in [0.1, 0.15) is 5.75 Å². The van der Waals surface area contributed by atoms with E-state index in [0.717, 1.165) is 13.1 Å². The van der Waals surface area contributed by atoms with Gasteiger partial charge in [-0.15, -0.1) is 0 Å². The van der Waals surface area contributed by atoms with Crippen molar-refractivity contribution in [3.05, 3.63) is 29.8 Å². The van der Waals surface area contributed by atoms with Crippen molar-refractivity contribution in [2.75, 3.05) is 13.1 Å². The van der Waals surface area contributed by atoms with Crippen molar-refractivity contribution in [3.63, 3.8) is 0 Å². The minimum atomic E-state index is 0.213. The highest BCUT2D eigenvalue weighted by Gasteiger charge is 2.13. The first-order valence-corrected chi connectivity index (χ1v) is 6.04. The van der Waals surface area contributed by atoms with Crippen molar-refractivity contribution in [1.82, 2.24) is 10.3 Å². The summed E-state index contributed by atoms with van der Waals surface area (Å²) < 4.78 is 0. The predicted molar refractivity (Wildman–Crippen MR) is 72.2 cm³/mol. The van der Waals surface area contributed by atoms with Crippen LogP contribution in [0.1, 0.15) is 18.4 Å². The van der Waals surface area contributed by atoms with Gasteiger partial charge in [-0.05, 0) is 37.2 Å². The summed E-state index contributed by atoms with van der Waals surface area (Å²) in [6.07, 6.45) is 3.94. The van der Waals surface area contributed by atoms with Crippen molar-refractivity contribution >= 4 is 23.5 Å². The SMILES string of the molecule is Oc1ccccc1/C=N/NC(=S)N1CCCC1. The van der Waals surface area contributed by atoms with Crippen LogP contribution in [0, 0.1) is 0 Å². The number of nitrogens with zero attached hydrogens (tertiary/aromatic N) is 2. The molecule has 1 aliphatic rings. The van der Waals surface area contributed by atoms with Gasteiger partial charge in [-0.1, -0.05) is 12.1 Å². The Labute approximate surface area is 106 Å². The number of phenols is 1. The zero-order valence-electron chi connectivity index (χ0n) is 9.47. The van der Waals surface area contributed by atoms with Crippen LogP contribution in [0.4, 0.5) is 0 Å². The van der Waals surface area contributed by atoms with Crippen molar-refractivity contribution in [2.24, 2.45) is 5.10 Å². The number of hydrazone groups is 1. The molecule has 4 nitrogen and oxygen atoms in total. The van der Waals surface area contributed by atoms with Gasteiger partial charge in [-0.2, -0.15) is 5.10 Å². The molecule has 5 heteroatoms. The van der Waals surface area contributed by atoms with Gasteiger partial charge in [0.15, 0.2) is 5.11 Å². The maximum atomic E-state index is 9.52. The largest absolute Gasteiger partial charge is 0.507 e. The Kier molecular flexibility index (Phi) is 3.93. The Morgan fingerprint density at radius 2 is 2.06 bits per heavy atom. The van der Waals surface area contributed by atoms with Gasteiger partial charge in [0.2, 0.25) is 0 Å². The number of phenolic OH excluding ortho intramolecular Hbond substituents is 1. The molecule has 0 radical (unpaired) electrons. The summed E-state index contributed by atoms with van der Waals surface area (Å²) in [6, 6.07) is 7.04. The van der Waals surface area contributed by atoms with E-state index in [1.54, 1.807) is 24.4 Å². The molecule has 0 bridgehead atoms. The van der Waals surface area contributed by atoms with Crippen LogP contribution in [-0.4, -0.2) is 34.4 Å². The smallest absolute Gasteiger partial charge is 0.189 e. The molecule has 0 atom stereocenters. The summed E-state index contributed by atoms with van der Waals surface area (Å²) in [5.74, 6) is 0.213. The highest BCUT2D eigenvalue weighted by atomic mass is 32.1. The van der Waals surface area contributed by atoms with Crippen LogP contribution in [0.3, 0.4) is 0 Å². The molecular formula is C12H15N3OS. The van der Waals surface area contributed by atoms with Crippen molar-refractivity contribution in [1.29, 1.82) is 0 Å². The topological polar surface area (TPSA) is 47.9 Å². The number of thiocarbonyl (C=S) groups is 1. The Morgan fingerprint density at radius 3 is 2.76 bits per heavy atom. The highest BCUT2D eigenvalue weighted by molar-refractivity contribution is 7.80. The molecule has 1 aliphatic heterocycles. The Hall–Kier alpha value is -1.62. The Morgan fingerprint density at radius 1 is 1.35 bits per heavy atom. The zero-order valence-corrected chi connectivity index (χ0v) is 10.3. The summed E-state index contributed by atoms with van der Waals surface area (Å²) in [5.41, 5.74) is 3.49. The first-order chi connectivity index (χ1) is 8.27. The molecule has 1 aromatic rings. The molecule has 1 heterocycles. The number of hydrogen-bond donors (Lipinski definition) is 2. The molecule has 2 rings (SSSR count). The number of aromatic hydroxyl groups is 1. The second kappa shape index (κ2) is 5.63. The standard InChI is InChI=1S/C12H15N3OS/c16-11-6-2-1-5-10(11)9-13-14-12(17)15-7-3-4-8-15/h1-2,5-6,9,16H,3-4,7-8H2,(H,14,17)/b13-9+. The number of benzene rings is 1. The van der Waals surface area contributed by atoms with Gasteiger partial charge in [0.05, 0.1) is 6.21 Å². The summed E-state index contributed by atoms with van der Waals surface area (Å²) in [5, 5.41) is 14.2. The Balaban J connectivity index is 1.89. The van der Waals surface area contributed by atoms with Crippen LogP contribution in [0.5, 0.6) is 5.75 Å². The number of likely N-dealkylation sites (tertiary alicyclic amines) is 1. The molecule has 17 heavy (non-hydrogen) atoms. The molecule has 1 fully saturated rings. The fourth-order valence-electron chi connectivity index (χ4n) is 1.74. The minimum absolute atomic E-state index is 0.213. The average molecular weight is 249 g/mol. The van der Waals surface area contributed by atoms with E-state index in [1.165, 1.54) is 12.8 Å². The average Bonchev–Trinajstić information content (AvgIpc) is 2.85. The summed E-state index contributed by atoms with van der Waals surface area (Å²) in [4.78, 5) is 2.09. The van der Waals surface area contributed by atoms with E-state index >= 15 is 0 Å². The molecule has 1 aromatic carbocycles. The number of rotatable bonds is 2. The van der Waals surface area contributed by atoms with Crippen molar-refractivity contribution in [2.45, 2.75) is 12.8 Å². The third-order valence-electron chi connectivity index (χ3n) is 2.69. The lowest BCUT2D eigenvalue weighted by atomic mass is 10.2. The van der Waals surface area contributed by atoms with Gasteiger partial charge in [-0.25, -0.2) is 0 Å². The van der Waals surface area contributed by atoms with E-state index < -0.39 is 0 Å². The van der Waals surface area contributed by atoms with E-state index in [4.69, 9.17) is 12.2 Å². The lowest BCUT2D eigenvalue weighted by molar-refractivity contribution is 0.474. The van der Waals surface area contributed by atoms with Crippen molar-refractivity contribution < 1.29 is 5.11 Å². The van der Waals surface area contributed by atoms with Gasteiger partial charge >= 0.3 is 0 Å². The van der Waals surface area contributed by atoms with Crippen LogP contribution in [-0.2, 0) is 0 Å². The fraction of sp³-hybridized carbons (Fsp3) is 0.333. The summed E-state index contributed by atoms with van der Waals surface area (Å²) in [6.45, 7) is 2.00. The molecule has 2 N–H and O–H groups in total. The van der Waals surface area contributed by atoms with E-state index in [0.29, 0.717) is 10.7 Å². The summed E-state index contributed by atoms with van der Waals surface area (Å²) >= 11 is 5.20. The number of hydrogen-bond acceptors (Lipinski definition) is 3. The fourth-order valence-corrected chi connectivity index (χ4v) is 1.98. The van der Waals surface area contributed by atoms with Crippen molar-refractivity contribution in [3.8, 4) is 5.75 Å².